The largest absolute Gasteiger partial charge is 0.316 e. The monoisotopic (exact) mass is 287 g/mol. The SMILES string of the molecule is Cl.c1cc2c3c(cccc3c1)C(C1CCCCNC1)C2. The molecule has 0 amide bonds. The molecule has 1 nitrogen and oxygen atoms in total. The van der Waals surface area contributed by atoms with E-state index in [0.717, 1.165) is 11.8 Å². The zero-order valence-corrected chi connectivity index (χ0v) is 12.6. The number of nitrogens with one attached hydrogen (secondary N) is 1. The Balaban J connectivity index is 0.00000121. The van der Waals surface area contributed by atoms with E-state index in [1.54, 1.807) is 16.5 Å². The Hall–Kier alpha value is -1.05. The molecule has 20 heavy (non-hydrogen) atoms. The van der Waals surface area contributed by atoms with Crippen LogP contribution in [-0.2, 0) is 6.42 Å². The van der Waals surface area contributed by atoms with Gasteiger partial charge in [0, 0.05) is 0 Å². The topological polar surface area (TPSA) is 12.0 Å². The molecule has 2 aromatic rings. The summed E-state index contributed by atoms with van der Waals surface area (Å²) < 4.78 is 0. The van der Waals surface area contributed by atoms with E-state index in [-0.39, 0.29) is 12.4 Å². The second-order valence-electron chi connectivity index (χ2n) is 6.13. The third-order valence-electron chi connectivity index (χ3n) is 5.02. The number of rotatable bonds is 1. The fraction of sp³-hybridized carbons (Fsp3) is 0.444. The summed E-state index contributed by atoms with van der Waals surface area (Å²) in [6.07, 6.45) is 5.38. The van der Waals surface area contributed by atoms with Crippen LogP contribution in [-0.4, -0.2) is 13.1 Å². The highest BCUT2D eigenvalue weighted by Gasteiger charge is 2.30. The number of benzene rings is 2. The van der Waals surface area contributed by atoms with E-state index in [2.05, 4.69) is 41.7 Å². The first-order valence-corrected chi connectivity index (χ1v) is 7.65. The fourth-order valence-electron chi connectivity index (χ4n) is 4.09. The highest BCUT2D eigenvalue weighted by Crippen LogP contribution is 2.43. The first-order chi connectivity index (χ1) is 9.43. The van der Waals surface area contributed by atoms with Gasteiger partial charge in [0.05, 0.1) is 0 Å². The van der Waals surface area contributed by atoms with Gasteiger partial charge in [-0.1, -0.05) is 42.8 Å². The number of hydrogen-bond acceptors (Lipinski definition) is 1. The van der Waals surface area contributed by atoms with Crippen LogP contribution in [0.5, 0.6) is 0 Å². The van der Waals surface area contributed by atoms with E-state index >= 15 is 0 Å². The first-order valence-electron chi connectivity index (χ1n) is 7.65. The van der Waals surface area contributed by atoms with Gasteiger partial charge in [-0.15, -0.1) is 12.4 Å². The predicted molar refractivity (Wildman–Crippen MR) is 87.9 cm³/mol. The van der Waals surface area contributed by atoms with Crippen LogP contribution in [0, 0.1) is 5.92 Å². The molecular weight excluding hydrogens is 266 g/mol. The molecule has 1 aliphatic heterocycles. The lowest BCUT2D eigenvalue weighted by Crippen LogP contribution is -2.25. The summed E-state index contributed by atoms with van der Waals surface area (Å²) in [5.41, 5.74) is 3.18. The van der Waals surface area contributed by atoms with Crippen molar-refractivity contribution in [2.75, 3.05) is 13.1 Å². The maximum Gasteiger partial charge on any atom is -0.00145 e. The zero-order valence-electron chi connectivity index (χ0n) is 11.8. The average molecular weight is 288 g/mol. The summed E-state index contributed by atoms with van der Waals surface area (Å²) in [5.74, 6) is 1.56. The van der Waals surface area contributed by atoms with Crippen molar-refractivity contribution >= 4 is 23.2 Å². The van der Waals surface area contributed by atoms with E-state index < -0.39 is 0 Å². The summed E-state index contributed by atoms with van der Waals surface area (Å²) in [6.45, 7) is 2.41. The average Bonchev–Trinajstić information content (AvgIpc) is 2.65. The van der Waals surface area contributed by atoms with Crippen LogP contribution >= 0.6 is 12.4 Å². The van der Waals surface area contributed by atoms with Crippen molar-refractivity contribution in [3.8, 4) is 0 Å². The Morgan fingerprint density at radius 1 is 1.00 bits per heavy atom. The van der Waals surface area contributed by atoms with E-state index in [0.29, 0.717) is 0 Å². The van der Waals surface area contributed by atoms with Gasteiger partial charge in [0.2, 0.25) is 0 Å². The molecule has 0 saturated carbocycles. The van der Waals surface area contributed by atoms with Gasteiger partial charge in [-0.25, -0.2) is 0 Å². The lowest BCUT2D eigenvalue weighted by Gasteiger charge is -2.23. The summed E-state index contributed by atoms with van der Waals surface area (Å²) in [5, 5.41) is 6.62. The zero-order chi connectivity index (χ0) is 12.7. The molecule has 4 rings (SSSR count). The van der Waals surface area contributed by atoms with Gasteiger partial charge in [-0.2, -0.15) is 0 Å². The minimum absolute atomic E-state index is 0. The van der Waals surface area contributed by atoms with Crippen molar-refractivity contribution in [3.63, 3.8) is 0 Å². The quantitative estimate of drug-likeness (QED) is 0.825. The first kappa shape index (κ1) is 13.9. The Bertz CT molecular complexity index is 594. The summed E-state index contributed by atoms with van der Waals surface area (Å²) in [6, 6.07) is 13.7. The van der Waals surface area contributed by atoms with Gasteiger partial charge < -0.3 is 5.32 Å². The molecule has 0 spiro atoms. The smallest absolute Gasteiger partial charge is 0.00145 e. The maximum absolute atomic E-state index is 3.63. The van der Waals surface area contributed by atoms with E-state index in [9.17, 15) is 0 Å². The summed E-state index contributed by atoms with van der Waals surface area (Å²) >= 11 is 0. The third-order valence-corrected chi connectivity index (χ3v) is 5.02. The van der Waals surface area contributed by atoms with Crippen molar-refractivity contribution < 1.29 is 0 Å². The third kappa shape index (κ3) is 2.23. The van der Waals surface area contributed by atoms with Crippen molar-refractivity contribution in [2.24, 2.45) is 5.92 Å². The molecule has 2 aliphatic rings. The minimum Gasteiger partial charge on any atom is -0.316 e. The van der Waals surface area contributed by atoms with Gasteiger partial charge in [0.1, 0.15) is 0 Å². The van der Waals surface area contributed by atoms with Crippen molar-refractivity contribution in [3.05, 3.63) is 47.5 Å². The molecule has 2 heteroatoms. The fourth-order valence-corrected chi connectivity index (χ4v) is 4.09. The van der Waals surface area contributed by atoms with Crippen LogP contribution in [0.1, 0.15) is 36.3 Å². The molecule has 1 N–H and O–H groups in total. The van der Waals surface area contributed by atoms with E-state index in [1.165, 1.54) is 44.2 Å². The molecule has 0 radical (unpaired) electrons. The van der Waals surface area contributed by atoms with Crippen molar-refractivity contribution in [1.29, 1.82) is 0 Å². The van der Waals surface area contributed by atoms with Gasteiger partial charge in [-0.05, 0) is 66.1 Å². The van der Waals surface area contributed by atoms with E-state index in [4.69, 9.17) is 0 Å². The molecule has 1 heterocycles. The lowest BCUT2D eigenvalue weighted by molar-refractivity contribution is 0.398. The van der Waals surface area contributed by atoms with Crippen LogP contribution in [0.3, 0.4) is 0 Å². The molecule has 2 atom stereocenters. The summed E-state index contributed by atoms with van der Waals surface area (Å²) in [4.78, 5) is 0. The van der Waals surface area contributed by atoms with E-state index in [1.807, 2.05) is 0 Å². The van der Waals surface area contributed by atoms with Gasteiger partial charge >= 0.3 is 0 Å². The van der Waals surface area contributed by atoms with Crippen LogP contribution in [0.25, 0.3) is 10.8 Å². The Kier molecular flexibility index (Phi) is 4.00. The highest BCUT2D eigenvalue weighted by atomic mass is 35.5. The molecule has 2 aromatic carbocycles. The van der Waals surface area contributed by atoms with Gasteiger partial charge in [0.25, 0.3) is 0 Å². The van der Waals surface area contributed by atoms with Crippen LogP contribution in [0.15, 0.2) is 36.4 Å². The Morgan fingerprint density at radius 2 is 1.85 bits per heavy atom. The van der Waals surface area contributed by atoms with Crippen LogP contribution in [0.2, 0.25) is 0 Å². The second-order valence-corrected chi connectivity index (χ2v) is 6.13. The predicted octanol–water partition coefficient (Wildman–Crippen LogP) is 4.29. The van der Waals surface area contributed by atoms with Crippen LogP contribution in [0.4, 0.5) is 0 Å². The Morgan fingerprint density at radius 3 is 2.75 bits per heavy atom. The molecule has 2 unspecified atom stereocenters. The van der Waals surface area contributed by atoms with Crippen molar-refractivity contribution in [1.82, 2.24) is 5.32 Å². The Labute approximate surface area is 127 Å². The molecule has 1 aliphatic carbocycles. The normalized spacial score (nSPS) is 25.2. The molecule has 1 saturated heterocycles. The maximum atomic E-state index is 3.63. The number of halogens is 1. The lowest BCUT2D eigenvalue weighted by atomic mass is 9.83. The summed E-state index contributed by atoms with van der Waals surface area (Å²) in [7, 11) is 0. The second kappa shape index (κ2) is 5.75. The van der Waals surface area contributed by atoms with Gasteiger partial charge in [0.15, 0.2) is 0 Å². The minimum atomic E-state index is 0. The number of hydrogen-bond donors (Lipinski definition) is 1. The highest BCUT2D eigenvalue weighted by molar-refractivity contribution is 5.91. The molecule has 106 valence electrons. The molecule has 0 bridgehead atoms. The standard InChI is InChI=1S/C18H21N.ClH/c1-2-10-19-12-15(5-1)17-11-14-8-3-6-13-7-4-9-16(17)18(13)14;/h3-4,6-9,15,17,19H,1-2,5,10-12H2;1H. The molecule has 1 fully saturated rings. The van der Waals surface area contributed by atoms with Gasteiger partial charge in [-0.3, -0.25) is 0 Å². The molecular formula is C18H22ClN. The molecule has 0 aromatic heterocycles. The van der Waals surface area contributed by atoms with Crippen molar-refractivity contribution in [2.45, 2.75) is 31.6 Å². The van der Waals surface area contributed by atoms with Crippen LogP contribution < -0.4 is 5.32 Å².